The van der Waals surface area contributed by atoms with Crippen LogP contribution in [0.25, 0.3) is 11.0 Å². The van der Waals surface area contributed by atoms with Crippen LogP contribution < -0.4 is 10.9 Å². The Bertz CT molecular complexity index is 587. The normalized spacial score (nSPS) is 13.1. The van der Waals surface area contributed by atoms with Gasteiger partial charge in [-0.1, -0.05) is 18.6 Å². The van der Waals surface area contributed by atoms with E-state index in [4.69, 9.17) is 0 Å². The second-order valence-corrected chi connectivity index (χ2v) is 4.36. The SMILES string of the molecule is CCCC(Cn1nnc2c(cnn2C)c1=O)NC. The average Bonchev–Trinajstić information content (AvgIpc) is 2.74. The Morgan fingerprint density at radius 3 is 2.94 bits per heavy atom. The van der Waals surface area contributed by atoms with E-state index in [1.165, 1.54) is 10.9 Å². The molecule has 0 fully saturated rings. The van der Waals surface area contributed by atoms with Crippen LogP contribution in [0.5, 0.6) is 0 Å². The molecule has 18 heavy (non-hydrogen) atoms. The largest absolute Gasteiger partial charge is 0.315 e. The number of nitrogens with zero attached hydrogens (tertiary/aromatic N) is 5. The third kappa shape index (κ3) is 2.26. The summed E-state index contributed by atoms with van der Waals surface area (Å²) in [6.07, 6.45) is 3.59. The van der Waals surface area contributed by atoms with Crippen LogP contribution in [0.4, 0.5) is 0 Å². The molecule has 0 radical (unpaired) electrons. The van der Waals surface area contributed by atoms with Crippen molar-refractivity contribution in [2.75, 3.05) is 7.05 Å². The van der Waals surface area contributed by atoms with E-state index in [0.717, 1.165) is 12.8 Å². The zero-order valence-electron chi connectivity index (χ0n) is 10.9. The Morgan fingerprint density at radius 2 is 2.28 bits per heavy atom. The first kappa shape index (κ1) is 12.7. The van der Waals surface area contributed by atoms with Crippen molar-refractivity contribution in [2.24, 2.45) is 7.05 Å². The summed E-state index contributed by atoms with van der Waals surface area (Å²) in [7, 11) is 3.63. The molecule has 0 aliphatic carbocycles. The van der Waals surface area contributed by atoms with E-state index in [-0.39, 0.29) is 11.6 Å². The molecule has 0 bridgehead atoms. The van der Waals surface area contributed by atoms with Crippen LogP contribution >= 0.6 is 0 Å². The van der Waals surface area contributed by atoms with Crippen molar-refractivity contribution < 1.29 is 0 Å². The molecule has 7 nitrogen and oxygen atoms in total. The van der Waals surface area contributed by atoms with Gasteiger partial charge in [-0.25, -0.2) is 9.36 Å². The van der Waals surface area contributed by atoms with Gasteiger partial charge in [0.1, 0.15) is 5.39 Å². The summed E-state index contributed by atoms with van der Waals surface area (Å²) < 4.78 is 2.95. The van der Waals surface area contributed by atoms with Gasteiger partial charge in [0.05, 0.1) is 12.7 Å². The number of aromatic nitrogens is 5. The van der Waals surface area contributed by atoms with Crippen LogP contribution in [0.3, 0.4) is 0 Å². The summed E-state index contributed by atoms with van der Waals surface area (Å²) >= 11 is 0. The minimum atomic E-state index is -0.135. The highest BCUT2D eigenvalue weighted by atomic mass is 16.1. The summed E-state index contributed by atoms with van der Waals surface area (Å²) in [6, 6.07) is 0.233. The second-order valence-electron chi connectivity index (χ2n) is 4.36. The molecule has 0 aliphatic heterocycles. The molecule has 0 saturated carbocycles. The maximum absolute atomic E-state index is 12.2. The molecule has 0 spiro atoms. The van der Waals surface area contributed by atoms with Gasteiger partial charge in [-0.3, -0.25) is 4.79 Å². The highest BCUT2D eigenvalue weighted by Gasteiger charge is 2.12. The first-order chi connectivity index (χ1) is 8.67. The van der Waals surface area contributed by atoms with Gasteiger partial charge < -0.3 is 5.32 Å². The number of fused-ring (bicyclic) bond motifs is 1. The van der Waals surface area contributed by atoms with Crippen molar-refractivity contribution in [3.8, 4) is 0 Å². The van der Waals surface area contributed by atoms with Crippen molar-refractivity contribution in [2.45, 2.75) is 32.4 Å². The maximum atomic E-state index is 12.2. The smallest absolute Gasteiger partial charge is 0.280 e. The van der Waals surface area contributed by atoms with Crippen LogP contribution in [0, 0.1) is 0 Å². The molecule has 1 atom stereocenters. The summed E-state index contributed by atoms with van der Waals surface area (Å²) in [5.74, 6) is 0. The zero-order chi connectivity index (χ0) is 13.1. The second kappa shape index (κ2) is 5.26. The first-order valence-electron chi connectivity index (χ1n) is 6.10. The van der Waals surface area contributed by atoms with E-state index in [0.29, 0.717) is 17.6 Å². The molecular formula is C11H18N6O. The van der Waals surface area contributed by atoms with Gasteiger partial charge in [0.25, 0.3) is 5.56 Å². The molecule has 0 aliphatic rings. The highest BCUT2D eigenvalue weighted by Crippen LogP contribution is 2.03. The highest BCUT2D eigenvalue weighted by molar-refractivity contribution is 5.72. The topological polar surface area (TPSA) is 77.6 Å². The molecule has 2 aromatic heterocycles. The van der Waals surface area contributed by atoms with Crippen molar-refractivity contribution in [1.29, 1.82) is 0 Å². The average molecular weight is 250 g/mol. The molecule has 0 saturated heterocycles. The molecular weight excluding hydrogens is 232 g/mol. The van der Waals surface area contributed by atoms with Gasteiger partial charge in [-0.2, -0.15) is 5.10 Å². The van der Waals surface area contributed by atoms with Crippen LogP contribution in [0.15, 0.2) is 11.0 Å². The lowest BCUT2D eigenvalue weighted by Crippen LogP contribution is -2.36. The summed E-state index contributed by atoms with van der Waals surface area (Å²) in [4.78, 5) is 12.2. The van der Waals surface area contributed by atoms with Crippen LogP contribution in [0.2, 0.25) is 0 Å². The fourth-order valence-electron chi connectivity index (χ4n) is 1.98. The van der Waals surface area contributed by atoms with Crippen LogP contribution in [-0.2, 0) is 13.6 Å². The Labute approximate surface area is 105 Å². The maximum Gasteiger partial charge on any atom is 0.280 e. The number of hydrogen-bond donors (Lipinski definition) is 1. The Morgan fingerprint density at radius 1 is 1.50 bits per heavy atom. The quantitative estimate of drug-likeness (QED) is 0.802. The number of likely N-dealkylation sites (N-methyl/N-ethyl adjacent to an activating group) is 1. The van der Waals surface area contributed by atoms with Crippen LogP contribution in [0.1, 0.15) is 19.8 Å². The van der Waals surface area contributed by atoms with E-state index in [9.17, 15) is 4.79 Å². The van der Waals surface area contributed by atoms with E-state index < -0.39 is 0 Å². The van der Waals surface area contributed by atoms with Gasteiger partial charge in [-0.05, 0) is 13.5 Å². The Kier molecular flexibility index (Phi) is 3.71. The molecule has 2 aromatic rings. The third-order valence-electron chi connectivity index (χ3n) is 3.06. The van der Waals surface area contributed by atoms with Gasteiger partial charge in [0.15, 0.2) is 5.65 Å². The minimum Gasteiger partial charge on any atom is -0.315 e. The lowest BCUT2D eigenvalue weighted by molar-refractivity contribution is 0.406. The van der Waals surface area contributed by atoms with Crippen molar-refractivity contribution in [3.05, 3.63) is 16.6 Å². The summed E-state index contributed by atoms with van der Waals surface area (Å²) in [5, 5.41) is 15.7. The molecule has 98 valence electrons. The fraction of sp³-hybridized carbons (Fsp3) is 0.636. The number of rotatable bonds is 5. The van der Waals surface area contributed by atoms with Crippen LogP contribution in [-0.4, -0.2) is 37.9 Å². The van der Waals surface area contributed by atoms with Gasteiger partial charge >= 0.3 is 0 Å². The summed E-state index contributed by atoms with van der Waals surface area (Å²) in [5.41, 5.74) is 0.386. The van der Waals surface area contributed by atoms with Crippen molar-refractivity contribution in [1.82, 2.24) is 30.1 Å². The molecule has 7 heteroatoms. The van der Waals surface area contributed by atoms with E-state index >= 15 is 0 Å². The fourth-order valence-corrected chi connectivity index (χ4v) is 1.98. The van der Waals surface area contributed by atoms with Gasteiger partial charge in [0, 0.05) is 13.1 Å². The predicted octanol–water partition coefficient (Wildman–Crippen LogP) is -0.0869. The lowest BCUT2D eigenvalue weighted by atomic mass is 10.2. The zero-order valence-corrected chi connectivity index (χ0v) is 10.9. The number of hydrogen-bond acceptors (Lipinski definition) is 5. The van der Waals surface area contributed by atoms with E-state index in [1.54, 1.807) is 11.7 Å². The standard InChI is InChI=1S/C11H18N6O/c1-4-5-8(12-2)7-17-11(18)9-6-13-16(3)10(9)14-15-17/h6,8,12H,4-5,7H2,1-3H3. The lowest BCUT2D eigenvalue weighted by Gasteiger charge is -2.15. The van der Waals surface area contributed by atoms with Crippen molar-refractivity contribution in [3.63, 3.8) is 0 Å². The van der Waals surface area contributed by atoms with Gasteiger partial charge in [-0.15, -0.1) is 5.10 Å². The molecule has 1 N–H and O–H groups in total. The predicted molar refractivity (Wildman–Crippen MR) is 68.3 cm³/mol. The van der Waals surface area contributed by atoms with Crippen molar-refractivity contribution >= 4 is 11.0 Å². The number of aryl methyl sites for hydroxylation is 1. The monoisotopic (exact) mass is 250 g/mol. The minimum absolute atomic E-state index is 0.135. The Hall–Kier alpha value is -1.76. The molecule has 0 aromatic carbocycles. The molecule has 0 amide bonds. The first-order valence-corrected chi connectivity index (χ1v) is 6.10. The molecule has 2 heterocycles. The number of nitrogens with one attached hydrogen (secondary N) is 1. The molecule has 2 rings (SSSR count). The third-order valence-corrected chi connectivity index (χ3v) is 3.06. The molecule has 1 unspecified atom stereocenters. The summed E-state index contributed by atoms with van der Waals surface area (Å²) in [6.45, 7) is 2.64. The van der Waals surface area contributed by atoms with E-state index in [1.807, 2.05) is 7.05 Å². The van der Waals surface area contributed by atoms with Gasteiger partial charge in [0.2, 0.25) is 0 Å². The van der Waals surface area contributed by atoms with E-state index in [2.05, 4.69) is 27.7 Å². The Balaban J connectivity index is 2.34.